The van der Waals surface area contributed by atoms with E-state index in [1.165, 1.54) is 0 Å². The van der Waals surface area contributed by atoms with Gasteiger partial charge in [-0.2, -0.15) is 0 Å². The lowest BCUT2D eigenvalue weighted by Gasteiger charge is -2.10. The Labute approximate surface area is 183 Å². The molecule has 7 heteroatoms. The van der Waals surface area contributed by atoms with Gasteiger partial charge in [0.1, 0.15) is 11.5 Å². The molecule has 0 aliphatic rings. The zero-order chi connectivity index (χ0) is 22.3. The summed E-state index contributed by atoms with van der Waals surface area (Å²) < 4.78 is 32.4. The number of benzene rings is 2. The van der Waals surface area contributed by atoms with Crippen LogP contribution in [0.4, 0.5) is 0 Å². The van der Waals surface area contributed by atoms with E-state index in [9.17, 15) is 13.2 Å². The second-order valence-corrected chi connectivity index (χ2v) is 9.51. The smallest absolute Gasteiger partial charge is 0.220 e. The van der Waals surface area contributed by atoms with Crippen LogP contribution in [-0.4, -0.2) is 20.4 Å². The summed E-state index contributed by atoms with van der Waals surface area (Å²) in [5.41, 5.74) is 2.63. The lowest BCUT2D eigenvalue weighted by molar-refractivity contribution is -0.121. The van der Waals surface area contributed by atoms with Gasteiger partial charge in [0, 0.05) is 31.0 Å². The molecule has 1 amide bonds. The fourth-order valence-corrected chi connectivity index (χ4v) is 4.60. The van der Waals surface area contributed by atoms with Crippen molar-refractivity contribution in [3.8, 4) is 11.3 Å². The third-order valence-corrected chi connectivity index (χ3v) is 6.15. The van der Waals surface area contributed by atoms with Crippen molar-refractivity contribution in [3.05, 3.63) is 83.6 Å². The first-order valence-electron chi connectivity index (χ1n) is 10.3. The molecule has 31 heavy (non-hydrogen) atoms. The molecule has 0 aliphatic carbocycles. The second kappa shape index (κ2) is 10.4. The second-order valence-electron chi connectivity index (χ2n) is 7.76. The summed E-state index contributed by atoms with van der Waals surface area (Å²) in [6, 6.07) is 20.7. The van der Waals surface area contributed by atoms with E-state index in [2.05, 4.69) is 10.0 Å². The van der Waals surface area contributed by atoms with Crippen molar-refractivity contribution in [1.82, 2.24) is 10.0 Å². The van der Waals surface area contributed by atoms with Crippen molar-refractivity contribution in [2.24, 2.45) is 0 Å². The first-order valence-corrected chi connectivity index (χ1v) is 11.9. The summed E-state index contributed by atoms with van der Waals surface area (Å²) in [6.07, 6.45) is 0.858. The van der Waals surface area contributed by atoms with Gasteiger partial charge < -0.3 is 9.73 Å². The molecule has 0 saturated carbocycles. The molecule has 0 saturated heterocycles. The molecule has 0 atom stereocenters. The Bertz CT molecular complexity index is 1090. The highest BCUT2D eigenvalue weighted by Crippen LogP contribution is 2.22. The highest BCUT2D eigenvalue weighted by molar-refractivity contribution is 7.88. The molecule has 6 nitrogen and oxygen atoms in total. The number of amides is 1. The minimum atomic E-state index is -3.35. The molecular formula is C24H28N2O4S. The minimum Gasteiger partial charge on any atom is -0.461 e. The molecule has 1 heterocycles. The van der Waals surface area contributed by atoms with Gasteiger partial charge in [-0.25, -0.2) is 13.1 Å². The van der Waals surface area contributed by atoms with Gasteiger partial charge in [0.2, 0.25) is 15.9 Å². The van der Waals surface area contributed by atoms with Crippen LogP contribution in [0.3, 0.4) is 0 Å². The topological polar surface area (TPSA) is 88.4 Å². The Morgan fingerprint density at radius 3 is 2.29 bits per heavy atom. The van der Waals surface area contributed by atoms with Gasteiger partial charge in [-0.3, -0.25) is 4.79 Å². The molecule has 0 radical (unpaired) electrons. The number of carbonyl (C=O) groups excluding carboxylic acids is 1. The molecule has 164 valence electrons. The molecule has 3 rings (SSSR count). The van der Waals surface area contributed by atoms with Gasteiger partial charge in [0.15, 0.2) is 0 Å². The number of nitrogens with one attached hydrogen (secondary N) is 2. The SMILES string of the molecule is CC(C)NS(=O)(=O)Cc1ccc(CNC(=O)CCc2ccc(-c3ccccc3)o2)cc1. The molecular weight excluding hydrogens is 412 g/mol. The maximum atomic E-state index is 12.2. The fourth-order valence-electron chi connectivity index (χ4n) is 3.17. The fraction of sp³-hybridized carbons (Fsp3) is 0.292. The van der Waals surface area contributed by atoms with Crippen molar-refractivity contribution >= 4 is 15.9 Å². The van der Waals surface area contributed by atoms with Crippen molar-refractivity contribution in [2.75, 3.05) is 0 Å². The van der Waals surface area contributed by atoms with Gasteiger partial charge in [-0.1, -0.05) is 54.6 Å². The summed E-state index contributed by atoms with van der Waals surface area (Å²) in [4.78, 5) is 12.2. The van der Waals surface area contributed by atoms with E-state index in [4.69, 9.17) is 4.42 Å². The van der Waals surface area contributed by atoms with E-state index in [0.717, 1.165) is 22.6 Å². The van der Waals surface area contributed by atoms with E-state index in [-0.39, 0.29) is 17.7 Å². The molecule has 0 spiro atoms. The Kier molecular flexibility index (Phi) is 7.65. The third-order valence-electron chi connectivity index (χ3n) is 4.60. The number of hydrogen-bond acceptors (Lipinski definition) is 4. The highest BCUT2D eigenvalue weighted by atomic mass is 32.2. The van der Waals surface area contributed by atoms with E-state index in [0.29, 0.717) is 24.9 Å². The lowest BCUT2D eigenvalue weighted by Crippen LogP contribution is -2.31. The van der Waals surface area contributed by atoms with Crippen LogP contribution in [0, 0.1) is 0 Å². The van der Waals surface area contributed by atoms with Crippen molar-refractivity contribution in [2.45, 2.75) is 45.0 Å². The number of furan rings is 1. The standard InChI is InChI=1S/C24H28N2O4S/c1-18(2)26-31(28,29)17-20-10-8-19(9-11-20)16-25-24(27)15-13-22-12-14-23(30-22)21-6-4-3-5-7-21/h3-12,14,18,26H,13,15-17H2,1-2H3,(H,25,27). The number of rotatable bonds is 10. The summed E-state index contributed by atoms with van der Waals surface area (Å²) in [5.74, 6) is 1.44. The van der Waals surface area contributed by atoms with E-state index < -0.39 is 10.0 Å². The van der Waals surface area contributed by atoms with Crippen LogP contribution in [0.5, 0.6) is 0 Å². The first-order chi connectivity index (χ1) is 14.8. The van der Waals surface area contributed by atoms with Gasteiger partial charge >= 0.3 is 0 Å². The molecule has 0 fully saturated rings. The van der Waals surface area contributed by atoms with E-state index in [1.807, 2.05) is 54.6 Å². The molecule has 3 aromatic rings. The highest BCUT2D eigenvalue weighted by Gasteiger charge is 2.13. The Hall–Kier alpha value is -2.90. The van der Waals surface area contributed by atoms with Gasteiger partial charge in [-0.05, 0) is 37.1 Å². The lowest BCUT2D eigenvalue weighted by atomic mass is 10.1. The number of hydrogen-bond donors (Lipinski definition) is 2. The summed E-state index contributed by atoms with van der Waals surface area (Å²) >= 11 is 0. The summed E-state index contributed by atoms with van der Waals surface area (Å²) in [5, 5.41) is 2.89. The number of sulfonamides is 1. The van der Waals surface area contributed by atoms with Crippen LogP contribution in [0.25, 0.3) is 11.3 Å². The summed E-state index contributed by atoms with van der Waals surface area (Å²) in [6.45, 7) is 3.97. The van der Waals surface area contributed by atoms with Crippen molar-refractivity contribution < 1.29 is 17.6 Å². The molecule has 0 unspecified atom stereocenters. The maximum absolute atomic E-state index is 12.2. The van der Waals surface area contributed by atoms with Crippen LogP contribution in [0.15, 0.2) is 71.1 Å². The Morgan fingerprint density at radius 1 is 0.935 bits per heavy atom. The van der Waals surface area contributed by atoms with Crippen LogP contribution in [-0.2, 0) is 33.5 Å². The predicted molar refractivity (Wildman–Crippen MR) is 122 cm³/mol. The Balaban J connectivity index is 1.44. The van der Waals surface area contributed by atoms with Gasteiger partial charge in [0.25, 0.3) is 0 Å². The maximum Gasteiger partial charge on any atom is 0.220 e. The van der Waals surface area contributed by atoms with E-state index >= 15 is 0 Å². The Morgan fingerprint density at radius 2 is 1.61 bits per heavy atom. The molecule has 2 aromatic carbocycles. The number of carbonyl (C=O) groups is 1. The van der Waals surface area contributed by atoms with Gasteiger partial charge in [0.05, 0.1) is 5.75 Å². The van der Waals surface area contributed by atoms with Crippen LogP contribution in [0.2, 0.25) is 0 Å². The molecule has 1 aromatic heterocycles. The summed E-state index contributed by atoms with van der Waals surface area (Å²) in [7, 11) is -3.35. The van der Waals surface area contributed by atoms with Crippen molar-refractivity contribution in [1.29, 1.82) is 0 Å². The minimum absolute atomic E-state index is 0.0636. The van der Waals surface area contributed by atoms with Crippen LogP contribution >= 0.6 is 0 Å². The zero-order valence-electron chi connectivity index (χ0n) is 17.8. The third kappa shape index (κ3) is 7.38. The van der Waals surface area contributed by atoms with Crippen LogP contribution in [0.1, 0.15) is 37.2 Å². The first kappa shape index (κ1) is 22.8. The monoisotopic (exact) mass is 440 g/mol. The molecule has 2 N–H and O–H groups in total. The zero-order valence-corrected chi connectivity index (χ0v) is 18.6. The number of aryl methyl sites for hydroxylation is 1. The average Bonchev–Trinajstić information content (AvgIpc) is 3.20. The van der Waals surface area contributed by atoms with Crippen molar-refractivity contribution in [3.63, 3.8) is 0 Å². The predicted octanol–water partition coefficient (Wildman–Crippen LogP) is 4.02. The largest absolute Gasteiger partial charge is 0.461 e. The molecule has 0 bridgehead atoms. The van der Waals surface area contributed by atoms with Crippen LogP contribution < -0.4 is 10.0 Å². The van der Waals surface area contributed by atoms with E-state index in [1.54, 1.807) is 26.0 Å². The average molecular weight is 441 g/mol. The van der Waals surface area contributed by atoms with Gasteiger partial charge in [-0.15, -0.1) is 0 Å². The quantitative estimate of drug-likeness (QED) is 0.498. The molecule has 0 aliphatic heterocycles. The normalized spacial score (nSPS) is 11.6.